The van der Waals surface area contributed by atoms with Crippen LogP contribution in [0, 0.1) is 11.8 Å². The van der Waals surface area contributed by atoms with Crippen molar-refractivity contribution in [3.05, 3.63) is 30.3 Å². The van der Waals surface area contributed by atoms with Gasteiger partial charge in [-0.25, -0.2) is 4.79 Å². The molecule has 160 valence electrons. The van der Waals surface area contributed by atoms with Gasteiger partial charge in [-0.05, 0) is 57.2 Å². The van der Waals surface area contributed by atoms with Crippen LogP contribution < -0.4 is 15.5 Å². The van der Waals surface area contributed by atoms with E-state index in [1.54, 1.807) is 0 Å². The molecule has 5 rings (SSSR count). The Bertz CT molecular complexity index is 658. The van der Waals surface area contributed by atoms with Crippen molar-refractivity contribution >= 4 is 11.7 Å². The number of amides is 2. The van der Waals surface area contributed by atoms with Crippen molar-refractivity contribution in [3.63, 3.8) is 0 Å². The van der Waals surface area contributed by atoms with Crippen LogP contribution >= 0.6 is 0 Å². The topological polar surface area (TPSA) is 50.9 Å². The zero-order valence-corrected chi connectivity index (χ0v) is 18.0. The number of hydrogen-bond acceptors (Lipinski definition) is 4. The van der Waals surface area contributed by atoms with E-state index in [0.29, 0.717) is 6.04 Å². The minimum Gasteiger partial charge on any atom is -0.369 e. The maximum atomic E-state index is 11.9. The van der Waals surface area contributed by atoms with Gasteiger partial charge in [0, 0.05) is 63.6 Å². The van der Waals surface area contributed by atoms with E-state index in [1.165, 1.54) is 51.3 Å². The summed E-state index contributed by atoms with van der Waals surface area (Å²) in [4.78, 5) is 19.7. The molecule has 2 N–H and O–H groups in total. The lowest BCUT2D eigenvalue weighted by Crippen LogP contribution is -2.59. The molecule has 4 aliphatic rings. The molecular weight excluding hydrogens is 362 g/mol. The third kappa shape index (κ3) is 5.23. The van der Waals surface area contributed by atoms with Crippen LogP contribution in [0.1, 0.15) is 26.7 Å². The second kappa shape index (κ2) is 9.35. The monoisotopic (exact) mass is 399 g/mol. The molecule has 1 aromatic rings. The van der Waals surface area contributed by atoms with Gasteiger partial charge in [-0.2, -0.15) is 0 Å². The fraction of sp³-hybridized carbons (Fsp3) is 0.696. The lowest BCUT2D eigenvalue weighted by molar-refractivity contribution is -0.0115. The molecule has 0 aliphatic carbocycles. The van der Waals surface area contributed by atoms with Crippen LogP contribution in [0.3, 0.4) is 0 Å². The maximum absolute atomic E-state index is 11.9. The zero-order valence-electron chi connectivity index (χ0n) is 18.0. The van der Waals surface area contributed by atoms with Crippen LogP contribution in [0.5, 0.6) is 0 Å². The molecule has 0 spiro atoms. The van der Waals surface area contributed by atoms with Gasteiger partial charge >= 0.3 is 6.03 Å². The number of nitrogens with one attached hydrogen (secondary N) is 2. The van der Waals surface area contributed by atoms with Crippen molar-refractivity contribution in [1.29, 1.82) is 0 Å². The summed E-state index contributed by atoms with van der Waals surface area (Å²) in [6.07, 6.45) is 2.56. The highest BCUT2D eigenvalue weighted by Gasteiger charge is 2.40. The van der Waals surface area contributed by atoms with Crippen molar-refractivity contribution in [3.8, 4) is 0 Å². The van der Waals surface area contributed by atoms with Gasteiger partial charge < -0.3 is 15.5 Å². The van der Waals surface area contributed by atoms with E-state index >= 15 is 0 Å². The minimum atomic E-state index is -0.0320. The Morgan fingerprint density at radius 1 is 1.10 bits per heavy atom. The summed E-state index contributed by atoms with van der Waals surface area (Å²) >= 11 is 0. The Morgan fingerprint density at radius 3 is 2.52 bits per heavy atom. The van der Waals surface area contributed by atoms with Gasteiger partial charge in [-0.15, -0.1) is 0 Å². The number of benzene rings is 1. The minimum absolute atomic E-state index is 0.0320. The first-order valence-electron chi connectivity index (χ1n) is 11.4. The van der Waals surface area contributed by atoms with E-state index < -0.39 is 0 Å². The predicted molar refractivity (Wildman–Crippen MR) is 118 cm³/mol. The molecule has 2 bridgehead atoms. The smallest absolute Gasteiger partial charge is 0.315 e. The summed E-state index contributed by atoms with van der Waals surface area (Å²) in [5, 5.41) is 6.00. The number of piperidine rings is 3. The normalized spacial score (nSPS) is 29.8. The molecule has 4 saturated heterocycles. The molecule has 0 radical (unpaired) electrons. The summed E-state index contributed by atoms with van der Waals surface area (Å²) in [6, 6.07) is 11.5. The number of anilines is 1. The van der Waals surface area contributed by atoms with Crippen molar-refractivity contribution in [2.24, 2.45) is 11.8 Å². The van der Waals surface area contributed by atoms with Gasteiger partial charge in [0.05, 0.1) is 0 Å². The SMILES string of the molecule is CC(C)NC(=O)NC[C@H]1C[C@H]2CCN1C[C@@H]2CN1CCN(c2ccccc2)CC1. The summed E-state index contributed by atoms with van der Waals surface area (Å²) in [5.41, 5.74) is 1.35. The summed E-state index contributed by atoms with van der Waals surface area (Å²) < 4.78 is 0. The van der Waals surface area contributed by atoms with E-state index in [4.69, 9.17) is 0 Å². The lowest BCUT2D eigenvalue weighted by Gasteiger charge is -2.51. The Hall–Kier alpha value is -1.79. The first-order chi connectivity index (χ1) is 14.1. The molecule has 1 aromatic carbocycles. The number of fused-ring (bicyclic) bond motifs is 3. The molecule has 0 aromatic heterocycles. The van der Waals surface area contributed by atoms with E-state index in [9.17, 15) is 4.79 Å². The van der Waals surface area contributed by atoms with E-state index in [1.807, 2.05) is 13.8 Å². The molecule has 4 atom stereocenters. The summed E-state index contributed by atoms with van der Waals surface area (Å²) in [7, 11) is 0. The van der Waals surface area contributed by atoms with Gasteiger partial charge in [0.25, 0.3) is 0 Å². The van der Waals surface area contributed by atoms with Crippen LogP contribution in [-0.2, 0) is 0 Å². The highest BCUT2D eigenvalue weighted by molar-refractivity contribution is 5.74. The standard InChI is InChI=1S/C23H37N5O/c1-18(2)25-23(29)24-15-22-14-19-8-9-28(22)17-20(19)16-26-10-12-27(13-11-26)21-6-4-3-5-7-21/h3-7,18-20,22H,8-17H2,1-2H3,(H2,24,25,29)/t19-,20+,22-/m1/s1. The largest absolute Gasteiger partial charge is 0.369 e. The number of carbonyl (C=O) groups excluding carboxylic acids is 1. The Labute approximate surface area is 175 Å². The van der Waals surface area contributed by atoms with Crippen LogP contribution in [0.4, 0.5) is 10.5 Å². The summed E-state index contributed by atoms with van der Waals surface area (Å²) in [5.74, 6) is 1.60. The number of nitrogens with zero attached hydrogens (tertiary/aromatic N) is 3. The van der Waals surface area contributed by atoms with E-state index in [2.05, 4.69) is 55.7 Å². The van der Waals surface area contributed by atoms with Gasteiger partial charge in [0.15, 0.2) is 0 Å². The fourth-order valence-corrected chi connectivity index (χ4v) is 5.35. The molecule has 2 amide bonds. The first-order valence-corrected chi connectivity index (χ1v) is 11.4. The number of urea groups is 1. The Balaban J connectivity index is 1.22. The van der Waals surface area contributed by atoms with Crippen molar-refractivity contribution < 1.29 is 4.79 Å². The second-order valence-corrected chi connectivity index (χ2v) is 9.33. The van der Waals surface area contributed by atoms with Crippen LogP contribution in [0.2, 0.25) is 0 Å². The zero-order chi connectivity index (χ0) is 20.2. The molecule has 29 heavy (non-hydrogen) atoms. The van der Waals surface area contributed by atoms with Gasteiger partial charge in [0.2, 0.25) is 0 Å². The molecule has 4 aliphatic heterocycles. The molecule has 0 saturated carbocycles. The van der Waals surface area contributed by atoms with Crippen LogP contribution in [0.15, 0.2) is 30.3 Å². The molecule has 6 nitrogen and oxygen atoms in total. The van der Waals surface area contributed by atoms with Crippen molar-refractivity contribution in [2.75, 3.05) is 57.3 Å². The number of rotatable bonds is 6. The molecular formula is C23H37N5O. The number of piperazine rings is 1. The Morgan fingerprint density at radius 2 is 1.86 bits per heavy atom. The van der Waals surface area contributed by atoms with Crippen molar-refractivity contribution in [2.45, 2.75) is 38.8 Å². The molecule has 6 heteroatoms. The van der Waals surface area contributed by atoms with E-state index in [0.717, 1.165) is 31.5 Å². The van der Waals surface area contributed by atoms with Gasteiger partial charge in [-0.3, -0.25) is 9.80 Å². The van der Waals surface area contributed by atoms with E-state index in [-0.39, 0.29) is 12.1 Å². The number of para-hydroxylation sites is 1. The lowest BCUT2D eigenvalue weighted by atomic mass is 9.75. The fourth-order valence-electron chi connectivity index (χ4n) is 5.35. The average Bonchev–Trinajstić information content (AvgIpc) is 2.74. The average molecular weight is 400 g/mol. The molecule has 4 heterocycles. The highest BCUT2D eigenvalue weighted by atomic mass is 16.2. The second-order valence-electron chi connectivity index (χ2n) is 9.33. The Kier molecular flexibility index (Phi) is 6.60. The maximum Gasteiger partial charge on any atom is 0.315 e. The third-order valence-corrected chi connectivity index (χ3v) is 6.92. The molecule has 4 fully saturated rings. The van der Waals surface area contributed by atoms with Crippen LogP contribution in [0.25, 0.3) is 0 Å². The quantitative estimate of drug-likeness (QED) is 0.770. The predicted octanol–water partition coefficient (Wildman–Crippen LogP) is 2.23. The molecule has 1 unspecified atom stereocenters. The van der Waals surface area contributed by atoms with Gasteiger partial charge in [0.1, 0.15) is 0 Å². The van der Waals surface area contributed by atoms with Crippen molar-refractivity contribution in [1.82, 2.24) is 20.4 Å². The number of hydrogen-bond donors (Lipinski definition) is 2. The van der Waals surface area contributed by atoms with Gasteiger partial charge in [-0.1, -0.05) is 18.2 Å². The summed E-state index contributed by atoms with van der Waals surface area (Å²) in [6.45, 7) is 13.0. The third-order valence-electron chi connectivity index (χ3n) is 6.92. The number of carbonyl (C=O) groups is 1. The first kappa shape index (κ1) is 20.5. The van der Waals surface area contributed by atoms with Crippen LogP contribution in [-0.4, -0.2) is 80.3 Å². The highest BCUT2D eigenvalue weighted by Crippen LogP contribution is 2.36.